The van der Waals surface area contributed by atoms with E-state index < -0.39 is 15.1 Å². The Morgan fingerprint density at radius 1 is 1.21 bits per heavy atom. The van der Waals surface area contributed by atoms with E-state index >= 15 is 0 Å². The van der Waals surface area contributed by atoms with Gasteiger partial charge < -0.3 is 0 Å². The molecular formula is C14H12O3S2. The van der Waals surface area contributed by atoms with Gasteiger partial charge in [-0.3, -0.25) is 4.79 Å². The molecule has 0 fully saturated rings. The lowest BCUT2D eigenvalue weighted by molar-refractivity contribution is 0.0998. The number of rotatable bonds is 2. The van der Waals surface area contributed by atoms with Crippen LogP contribution < -0.4 is 0 Å². The summed E-state index contributed by atoms with van der Waals surface area (Å²) < 4.78 is 23.2. The zero-order chi connectivity index (χ0) is 13.6. The first-order valence-corrected chi connectivity index (χ1v) is 8.75. The van der Waals surface area contributed by atoms with Gasteiger partial charge in [0.2, 0.25) is 0 Å². The number of fused-ring (bicyclic) bond motifs is 1. The summed E-state index contributed by atoms with van der Waals surface area (Å²) in [7, 11) is -3.33. The molecule has 1 aromatic carbocycles. The van der Waals surface area contributed by atoms with Crippen molar-refractivity contribution in [3.63, 3.8) is 0 Å². The molecule has 0 radical (unpaired) electrons. The number of hydrogen-bond acceptors (Lipinski definition) is 4. The van der Waals surface area contributed by atoms with Crippen molar-refractivity contribution in [2.45, 2.75) is 11.7 Å². The molecule has 1 aliphatic rings. The van der Waals surface area contributed by atoms with Crippen LogP contribution in [0.2, 0.25) is 0 Å². The third-order valence-corrected chi connectivity index (χ3v) is 5.54. The van der Waals surface area contributed by atoms with E-state index in [1.807, 2.05) is 29.0 Å². The topological polar surface area (TPSA) is 51.2 Å². The number of ketones is 1. The van der Waals surface area contributed by atoms with Gasteiger partial charge in [0.15, 0.2) is 15.6 Å². The summed E-state index contributed by atoms with van der Waals surface area (Å²) in [5.74, 6) is -0.269. The Balaban J connectivity index is 2.05. The average Bonchev–Trinajstić information content (AvgIpc) is 2.96. The van der Waals surface area contributed by atoms with E-state index in [4.69, 9.17) is 0 Å². The monoisotopic (exact) mass is 292 g/mol. The highest BCUT2D eigenvalue weighted by atomic mass is 32.2. The van der Waals surface area contributed by atoms with Crippen molar-refractivity contribution >= 4 is 27.0 Å². The first-order chi connectivity index (χ1) is 8.97. The van der Waals surface area contributed by atoms with Gasteiger partial charge in [0.05, 0.1) is 0 Å². The summed E-state index contributed by atoms with van der Waals surface area (Å²) in [6.45, 7) is 0. The first-order valence-electron chi connectivity index (χ1n) is 5.85. The van der Waals surface area contributed by atoms with Gasteiger partial charge in [-0.2, -0.15) is 11.3 Å². The fourth-order valence-electron chi connectivity index (χ4n) is 2.42. The number of Topliss-reactive ketones (excluding diaryl/α,β-unsaturated/α-hetero) is 1. The Labute approximate surface area is 115 Å². The molecule has 1 atom stereocenters. The Hall–Kier alpha value is -1.46. The van der Waals surface area contributed by atoms with E-state index in [2.05, 4.69) is 0 Å². The second-order valence-electron chi connectivity index (χ2n) is 4.77. The van der Waals surface area contributed by atoms with Crippen molar-refractivity contribution in [1.29, 1.82) is 0 Å². The molecule has 0 N–H and O–H groups in total. The molecule has 1 unspecified atom stereocenters. The van der Waals surface area contributed by atoms with E-state index in [0.717, 1.165) is 22.9 Å². The highest BCUT2D eigenvalue weighted by Gasteiger charge is 2.37. The van der Waals surface area contributed by atoms with E-state index in [1.165, 1.54) is 0 Å². The fraction of sp³-hybridized carbons (Fsp3) is 0.214. The molecule has 0 aliphatic heterocycles. The second kappa shape index (κ2) is 4.28. The maximum Gasteiger partial charge on any atom is 0.181 e. The molecule has 0 spiro atoms. The molecule has 0 saturated carbocycles. The van der Waals surface area contributed by atoms with Crippen LogP contribution in [0.1, 0.15) is 15.9 Å². The lowest BCUT2D eigenvalue weighted by Crippen LogP contribution is -2.26. The first kappa shape index (κ1) is 12.6. The largest absolute Gasteiger partial charge is 0.293 e. The molecule has 19 heavy (non-hydrogen) atoms. The summed E-state index contributed by atoms with van der Waals surface area (Å²) >= 11 is 1.61. The quantitative estimate of drug-likeness (QED) is 0.855. The minimum atomic E-state index is -3.33. The van der Waals surface area contributed by atoms with Crippen LogP contribution in [-0.2, 0) is 16.3 Å². The molecule has 1 heterocycles. The van der Waals surface area contributed by atoms with Crippen molar-refractivity contribution in [2.75, 3.05) is 6.26 Å². The van der Waals surface area contributed by atoms with Crippen molar-refractivity contribution in [2.24, 2.45) is 0 Å². The Kier molecular flexibility index (Phi) is 2.83. The van der Waals surface area contributed by atoms with Crippen LogP contribution >= 0.6 is 11.3 Å². The van der Waals surface area contributed by atoms with Crippen LogP contribution in [0.3, 0.4) is 0 Å². The van der Waals surface area contributed by atoms with Crippen LogP contribution in [0.15, 0.2) is 35.0 Å². The Morgan fingerprint density at radius 2 is 2.00 bits per heavy atom. The van der Waals surface area contributed by atoms with Gasteiger partial charge in [0, 0.05) is 11.8 Å². The van der Waals surface area contributed by atoms with Crippen LogP contribution in [0, 0.1) is 0 Å². The van der Waals surface area contributed by atoms with Crippen LogP contribution in [0.4, 0.5) is 0 Å². The number of thiophene rings is 1. The van der Waals surface area contributed by atoms with Crippen molar-refractivity contribution in [1.82, 2.24) is 0 Å². The van der Waals surface area contributed by atoms with Gasteiger partial charge in [-0.25, -0.2) is 8.42 Å². The van der Waals surface area contributed by atoms with Gasteiger partial charge in [-0.1, -0.05) is 18.2 Å². The normalized spacial score (nSPS) is 18.6. The zero-order valence-electron chi connectivity index (χ0n) is 10.3. The van der Waals surface area contributed by atoms with E-state index in [0.29, 0.717) is 12.0 Å². The molecule has 0 bridgehead atoms. The third-order valence-electron chi connectivity index (χ3n) is 3.44. The van der Waals surface area contributed by atoms with Gasteiger partial charge in [0.25, 0.3) is 0 Å². The number of carbonyl (C=O) groups is 1. The molecule has 3 nitrogen and oxygen atoms in total. The van der Waals surface area contributed by atoms with Crippen molar-refractivity contribution in [3.05, 3.63) is 46.2 Å². The summed E-state index contributed by atoms with van der Waals surface area (Å²) in [5, 5.41) is 3.12. The predicted molar refractivity (Wildman–Crippen MR) is 76.4 cm³/mol. The molecule has 98 valence electrons. The predicted octanol–water partition coefficient (Wildman–Crippen LogP) is 2.57. The molecule has 1 aliphatic carbocycles. The van der Waals surface area contributed by atoms with Crippen molar-refractivity contribution in [3.8, 4) is 11.1 Å². The van der Waals surface area contributed by atoms with E-state index in [-0.39, 0.29) is 5.78 Å². The summed E-state index contributed by atoms with van der Waals surface area (Å²) in [6.07, 6.45) is 1.42. The van der Waals surface area contributed by atoms with E-state index in [1.54, 1.807) is 17.4 Å². The van der Waals surface area contributed by atoms with Gasteiger partial charge in [-0.15, -0.1) is 0 Å². The minimum Gasteiger partial charge on any atom is -0.293 e. The summed E-state index contributed by atoms with van der Waals surface area (Å²) in [5.41, 5.74) is 3.52. The smallest absolute Gasteiger partial charge is 0.181 e. The molecular weight excluding hydrogens is 280 g/mol. The average molecular weight is 292 g/mol. The third kappa shape index (κ3) is 2.13. The van der Waals surface area contributed by atoms with Gasteiger partial charge >= 0.3 is 0 Å². The molecule has 0 amide bonds. The van der Waals surface area contributed by atoms with Crippen LogP contribution in [0.25, 0.3) is 11.1 Å². The van der Waals surface area contributed by atoms with Gasteiger partial charge in [-0.05, 0) is 39.9 Å². The molecule has 0 saturated heterocycles. The van der Waals surface area contributed by atoms with Crippen molar-refractivity contribution < 1.29 is 13.2 Å². The lowest BCUT2D eigenvalue weighted by atomic mass is 10.0. The molecule has 5 heteroatoms. The fourth-order valence-corrected chi connectivity index (χ4v) is 4.09. The molecule has 1 aromatic heterocycles. The number of sulfone groups is 1. The summed E-state index contributed by atoms with van der Waals surface area (Å²) in [6, 6.07) is 7.57. The lowest BCUT2D eigenvalue weighted by Gasteiger charge is -2.03. The van der Waals surface area contributed by atoms with E-state index in [9.17, 15) is 13.2 Å². The Bertz CT molecular complexity index is 743. The van der Waals surface area contributed by atoms with Crippen LogP contribution in [-0.4, -0.2) is 25.7 Å². The molecule has 2 aromatic rings. The second-order valence-corrected chi connectivity index (χ2v) is 7.78. The number of hydrogen-bond donors (Lipinski definition) is 0. The zero-order valence-corrected chi connectivity index (χ0v) is 11.9. The maximum atomic E-state index is 12.1. The summed E-state index contributed by atoms with van der Waals surface area (Å²) in [4.78, 5) is 12.1. The van der Waals surface area contributed by atoms with Gasteiger partial charge in [0.1, 0.15) is 5.25 Å². The highest BCUT2D eigenvalue weighted by molar-refractivity contribution is 7.92. The number of carbonyl (C=O) groups excluding carboxylic acids is 1. The molecule has 3 rings (SSSR count). The SMILES string of the molecule is CS(=O)(=O)C1Cc2cc(-c3ccsc3)ccc2C1=O. The van der Waals surface area contributed by atoms with Crippen LogP contribution in [0.5, 0.6) is 0 Å². The highest BCUT2D eigenvalue weighted by Crippen LogP contribution is 2.31. The minimum absolute atomic E-state index is 0.269. The standard InChI is InChI=1S/C14H12O3S2/c1-19(16,17)13-7-11-6-9(10-4-5-18-8-10)2-3-12(11)14(13)15/h2-6,8,13H,7H2,1H3. The Morgan fingerprint density at radius 3 is 2.63 bits per heavy atom. The number of benzene rings is 1. The maximum absolute atomic E-state index is 12.1.